The highest BCUT2D eigenvalue weighted by atomic mass is 33.1. The maximum Gasteiger partial charge on any atom is 0.248 e. The fourth-order valence-corrected chi connectivity index (χ4v) is 0.574. The molecule has 0 aliphatic rings. The van der Waals surface area contributed by atoms with Crippen LogP contribution < -0.4 is 0 Å². The monoisotopic (exact) mass is 164 g/mol. The topological polar surface area (TPSA) is 58.9 Å². The molecule has 4 nitrogen and oxygen atoms in total. The maximum absolute atomic E-state index is 9.30. The van der Waals surface area contributed by atoms with Crippen molar-refractivity contribution in [1.29, 1.82) is 0 Å². The Kier molecular flexibility index (Phi) is 13.1. The molecule has 0 rings (SSSR count). The molecule has 0 fully saturated rings. The molecule has 0 bridgehead atoms. The first-order chi connectivity index (χ1) is 3.91. The lowest BCUT2D eigenvalue weighted by molar-refractivity contribution is 0.565. The van der Waals surface area contributed by atoms with Crippen LogP contribution in [0, 0.1) is 0 Å². The molecule has 0 aliphatic heterocycles. The number of carbonyl (C=O) groups excluding carboxylic acids is 2. The first kappa shape index (κ1) is 11.3. The van der Waals surface area contributed by atoms with Crippen molar-refractivity contribution in [3.63, 3.8) is 0 Å². The van der Waals surface area contributed by atoms with Crippen molar-refractivity contribution >= 4 is 34.1 Å². The van der Waals surface area contributed by atoms with Crippen molar-refractivity contribution in [2.45, 2.75) is 7.43 Å². The van der Waals surface area contributed by atoms with Crippen molar-refractivity contribution in [1.82, 2.24) is 0 Å². The number of hydrogen-bond acceptors (Lipinski definition) is 6. The van der Waals surface area contributed by atoms with Gasteiger partial charge in [-0.05, 0) is 0 Å². The minimum Gasteiger partial charge on any atom is -0.210 e. The van der Waals surface area contributed by atoms with Gasteiger partial charge in [0.1, 0.15) is 0 Å². The molecule has 0 radical (unpaired) electrons. The number of isocyanates is 2. The lowest BCUT2D eigenvalue weighted by Gasteiger charge is -1.70. The summed E-state index contributed by atoms with van der Waals surface area (Å²) in [7, 11) is 1.53. The molecule has 0 unspecified atom stereocenters. The van der Waals surface area contributed by atoms with E-state index in [4.69, 9.17) is 0 Å². The van der Waals surface area contributed by atoms with Crippen molar-refractivity contribution in [3.05, 3.63) is 0 Å². The minimum absolute atomic E-state index is 0. The van der Waals surface area contributed by atoms with Gasteiger partial charge in [0, 0.05) is 0 Å². The Morgan fingerprint density at radius 3 is 1.56 bits per heavy atom. The second kappa shape index (κ2) is 10.4. The van der Waals surface area contributed by atoms with E-state index in [2.05, 4.69) is 8.80 Å². The van der Waals surface area contributed by atoms with Gasteiger partial charge in [0.05, 0.1) is 22.0 Å². The Labute approximate surface area is 60.5 Å². The summed E-state index contributed by atoms with van der Waals surface area (Å²) in [5.74, 6) is 0. The molecule has 0 aliphatic carbocycles. The van der Waals surface area contributed by atoms with Crippen LogP contribution in [0.5, 0.6) is 0 Å². The number of rotatable bonds is 3. The summed E-state index contributed by atoms with van der Waals surface area (Å²) < 4.78 is 6.02. The van der Waals surface area contributed by atoms with Gasteiger partial charge in [-0.3, -0.25) is 0 Å². The average molecular weight is 164 g/mol. The second-order valence-corrected chi connectivity index (χ2v) is 2.07. The Morgan fingerprint density at radius 1 is 1.00 bits per heavy atom. The van der Waals surface area contributed by atoms with Gasteiger partial charge >= 0.3 is 0 Å². The molecule has 50 valence electrons. The van der Waals surface area contributed by atoms with Crippen LogP contribution in [0.3, 0.4) is 0 Å². The smallest absolute Gasteiger partial charge is 0.210 e. The lowest BCUT2D eigenvalue weighted by Crippen LogP contribution is -1.42. The van der Waals surface area contributed by atoms with Gasteiger partial charge in [-0.15, -0.1) is 8.80 Å². The summed E-state index contributed by atoms with van der Waals surface area (Å²) in [6, 6.07) is 0. The molecule has 0 saturated carbocycles. The number of nitrogens with zero attached hydrogens (tertiary/aromatic N) is 2. The zero-order valence-corrected chi connectivity index (χ0v) is 5.16. The van der Waals surface area contributed by atoms with Crippen LogP contribution in [-0.4, -0.2) is 12.2 Å². The molecule has 0 N–H and O–H groups in total. The third-order valence-corrected chi connectivity index (χ3v) is 1.19. The zero-order valence-electron chi connectivity index (χ0n) is 3.53. The van der Waals surface area contributed by atoms with Crippen LogP contribution in [0.25, 0.3) is 0 Å². The molecule has 0 aromatic rings. The molecule has 0 aromatic heterocycles. The fraction of sp³-hybridized carbons (Fsp3) is 0.333. The van der Waals surface area contributed by atoms with Gasteiger partial charge in [-0.1, -0.05) is 7.43 Å². The highest BCUT2D eigenvalue weighted by Gasteiger charge is 1.76. The molecule has 0 heterocycles. The van der Waals surface area contributed by atoms with Crippen LogP contribution in [0.2, 0.25) is 0 Å². The van der Waals surface area contributed by atoms with E-state index < -0.39 is 0 Å². The van der Waals surface area contributed by atoms with E-state index in [0.29, 0.717) is 0 Å². The standard InChI is InChI=1S/C2N2O2S2.CH4/c5-1-3-7-8-4-2-6;/h;1H4. The average Bonchev–Trinajstić information content (AvgIpc) is 1.81. The molecular weight excluding hydrogens is 160 g/mol. The second-order valence-electron chi connectivity index (χ2n) is 0.514. The molecule has 0 saturated heterocycles. The summed E-state index contributed by atoms with van der Waals surface area (Å²) in [4.78, 5) is 18.6. The van der Waals surface area contributed by atoms with Crippen LogP contribution in [0.15, 0.2) is 8.80 Å². The van der Waals surface area contributed by atoms with E-state index in [9.17, 15) is 9.59 Å². The van der Waals surface area contributed by atoms with Gasteiger partial charge < -0.3 is 0 Å². The summed E-state index contributed by atoms with van der Waals surface area (Å²) in [6.07, 6.45) is 2.51. The van der Waals surface area contributed by atoms with Crippen LogP contribution >= 0.6 is 22.0 Å². The van der Waals surface area contributed by atoms with Gasteiger partial charge in [0.25, 0.3) is 0 Å². The molecule has 0 amide bonds. The highest BCUT2D eigenvalue weighted by Crippen LogP contribution is 2.21. The van der Waals surface area contributed by atoms with Gasteiger partial charge in [0.2, 0.25) is 12.2 Å². The van der Waals surface area contributed by atoms with E-state index in [0.717, 1.165) is 22.0 Å². The first-order valence-corrected chi connectivity index (χ1v) is 3.45. The fourth-order valence-electron chi connectivity index (χ4n) is 0.0638. The van der Waals surface area contributed by atoms with Crippen molar-refractivity contribution < 1.29 is 9.59 Å². The van der Waals surface area contributed by atoms with Gasteiger partial charge in [-0.25, -0.2) is 9.59 Å². The Hall–Kier alpha value is -0.540. The molecule has 0 atom stereocenters. The Bertz CT molecular complexity index is 130. The molecule has 9 heavy (non-hydrogen) atoms. The van der Waals surface area contributed by atoms with Crippen LogP contribution in [0.1, 0.15) is 7.43 Å². The van der Waals surface area contributed by atoms with Crippen LogP contribution in [-0.2, 0) is 9.59 Å². The predicted octanol–water partition coefficient (Wildman–Crippen LogP) is 1.51. The van der Waals surface area contributed by atoms with E-state index in [1.807, 2.05) is 0 Å². The van der Waals surface area contributed by atoms with E-state index in [-0.39, 0.29) is 7.43 Å². The van der Waals surface area contributed by atoms with Gasteiger partial charge in [0.15, 0.2) is 0 Å². The van der Waals surface area contributed by atoms with Crippen molar-refractivity contribution in [3.8, 4) is 0 Å². The van der Waals surface area contributed by atoms with Crippen molar-refractivity contribution in [2.75, 3.05) is 0 Å². The summed E-state index contributed by atoms with van der Waals surface area (Å²) in [5.41, 5.74) is 0. The van der Waals surface area contributed by atoms with E-state index >= 15 is 0 Å². The third-order valence-electron chi connectivity index (χ3n) is 0.182. The number of hydrogen-bond donors (Lipinski definition) is 0. The normalized spacial score (nSPS) is 5.78. The third kappa shape index (κ3) is 11.2. The van der Waals surface area contributed by atoms with E-state index in [1.54, 1.807) is 0 Å². The quantitative estimate of drug-likeness (QED) is 0.208. The summed E-state index contributed by atoms with van der Waals surface area (Å²) in [5, 5.41) is 0. The van der Waals surface area contributed by atoms with Crippen LogP contribution in [0.4, 0.5) is 0 Å². The highest BCUT2D eigenvalue weighted by molar-refractivity contribution is 8.75. The Morgan fingerprint density at radius 2 is 1.33 bits per heavy atom. The summed E-state index contributed by atoms with van der Waals surface area (Å²) >= 11 is 0. The molecule has 6 heteroatoms. The van der Waals surface area contributed by atoms with Crippen molar-refractivity contribution in [2.24, 2.45) is 8.80 Å². The summed E-state index contributed by atoms with van der Waals surface area (Å²) in [6.45, 7) is 0. The first-order valence-electron chi connectivity index (χ1n) is 1.39. The molecule has 0 spiro atoms. The Balaban J connectivity index is 0. The minimum atomic E-state index is 0. The maximum atomic E-state index is 9.30. The lowest BCUT2D eigenvalue weighted by atomic mass is 11.7. The van der Waals surface area contributed by atoms with E-state index in [1.165, 1.54) is 12.2 Å². The molecule has 0 aromatic carbocycles. The van der Waals surface area contributed by atoms with Gasteiger partial charge in [-0.2, -0.15) is 0 Å². The SMILES string of the molecule is C.O=C=NSSN=C=O. The zero-order chi connectivity index (χ0) is 6.24. The molecular formula is C3H4N2O2S2. The largest absolute Gasteiger partial charge is 0.248 e. The predicted molar refractivity (Wildman–Crippen MR) is 38.2 cm³/mol.